The molecule has 1 saturated heterocycles. The van der Waals surface area contributed by atoms with Crippen LogP contribution in [0.25, 0.3) is 0 Å². The van der Waals surface area contributed by atoms with Gasteiger partial charge in [-0.15, -0.1) is 0 Å². The SMILES string of the molecule is CCC1CCC(C)N1CCCOc1ccccc1C#N. The lowest BCUT2D eigenvalue weighted by molar-refractivity contribution is 0.179. The fraction of sp³-hybridized carbons (Fsp3) is 0.588. The zero-order valence-corrected chi connectivity index (χ0v) is 12.5. The summed E-state index contributed by atoms with van der Waals surface area (Å²) >= 11 is 0. The second-order valence-corrected chi connectivity index (χ2v) is 5.54. The van der Waals surface area contributed by atoms with Gasteiger partial charge in [0.05, 0.1) is 12.2 Å². The molecule has 2 unspecified atom stereocenters. The van der Waals surface area contributed by atoms with Crippen LogP contribution in [0.3, 0.4) is 0 Å². The second kappa shape index (κ2) is 7.31. The fourth-order valence-corrected chi connectivity index (χ4v) is 3.08. The maximum atomic E-state index is 9.01. The molecule has 0 bridgehead atoms. The number of hydrogen-bond acceptors (Lipinski definition) is 3. The Morgan fingerprint density at radius 1 is 1.35 bits per heavy atom. The summed E-state index contributed by atoms with van der Waals surface area (Å²) < 4.78 is 5.74. The molecule has 1 aromatic carbocycles. The fourth-order valence-electron chi connectivity index (χ4n) is 3.08. The summed E-state index contributed by atoms with van der Waals surface area (Å²) in [4.78, 5) is 2.61. The van der Waals surface area contributed by atoms with E-state index in [-0.39, 0.29) is 0 Å². The van der Waals surface area contributed by atoms with Gasteiger partial charge in [0.15, 0.2) is 0 Å². The number of likely N-dealkylation sites (tertiary alicyclic amines) is 1. The van der Waals surface area contributed by atoms with Crippen molar-refractivity contribution in [2.24, 2.45) is 0 Å². The summed E-state index contributed by atoms with van der Waals surface area (Å²) in [5.74, 6) is 0.705. The van der Waals surface area contributed by atoms with Crippen molar-refractivity contribution in [1.82, 2.24) is 4.90 Å². The van der Waals surface area contributed by atoms with Crippen molar-refractivity contribution in [2.45, 2.75) is 51.6 Å². The molecule has 20 heavy (non-hydrogen) atoms. The van der Waals surface area contributed by atoms with Gasteiger partial charge < -0.3 is 4.74 Å². The van der Waals surface area contributed by atoms with E-state index in [2.05, 4.69) is 24.8 Å². The van der Waals surface area contributed by atoms with E-state index in [0.29, 0.717) is 24.0 Å². The number of para-hydroxylation sites is 1. The van der Waals surface area contributed by atoms with Crippen LogP contribution in [0, 0.1) is 11.3 Å². The Kier molecular flexibility index (Phi) is 5.43. The zero-order chi connectivity index (χ0) is 14.4. The molecule has 0 aliphatic carbocycles. The summed E-state index contributed by atoms with van der Waals surface area (Å²) in [5, 5.41) is 9.01. The first-order chi connectivity index (χ1) is 9.76. The minimum atomic E-state index is 0.619. The van der Waals surface area contributed by atoms with Crippen molar-refractivity contribution >= 4 is 0 Å². The van der Waals surface area contributed by atoms with Crippen LogP contribution >= 0.6 is 0 Å². The molecule has 1 aliphatic heterocycles. The van der Waals surface area contributed by atoms with Gasteiger partial charge in [-0.25, -0.2) is 0 Å². The van der Waals surface area contributed by atoms with E-state index in [4.69, 9.17) is 10.00 Å². The van der Waals surface area contributed by atoms with Crippen LogP contribution in [-0.2, 0) is 0 Å². The molecular formula is C17H24N2O. The minimum absolute atomic E-state index is 0.619. The number of rotatable bonds is 6. The highest BCUT2D eigenvalue weighted by atomic mass is 16.5. The average Bonchev–Trinajstić information content (AvgIpc) is 2.84. The van der Waals surface area contributed by atoms with Crippen molar-refractivity contribution in [3.63, 3.8) is 0 Å². The molecular weight excluding hydrogens is 248 g/mol. The van der Waals surface area contributed by atoms with Gasteiger partial charge >= 0.3 is 0 Å². The molecule has 3 heteroatoms. The summed E-state index contributed by atoms with van der Waals surface area (Å²) in [7, 11) is 0. The molecule has 1 aromatic rings. The molecule has 0 spiro atoms. The Morgan fingerprint density at radius 2 is 2.15 bits per heavy atom. The molecule has 2 rings (SSSR count). The van der Waals surface area contributed by atoms with Crippen molar-refractivity contribution in [1.29, 1.82) is 5.26 Å². The number of nitrogens with zero attached hydrogens (tertiary/aromatic N) is 2. The molecule has 2 atom stereocenters. The smallest absolute Gasteiger partial charge is 0.137 e. The van der Waals surface area contributed by atoms with Crippen LogP contribution in [0.5, 0.6) is 5.75 Å². The molecule has 108 valence electrons. The van der Waals surface area contributed by atoms with E-state index >= 15 is 0 Å². The van der Waals surface area contributed by atoms with Crippen LogP contribution in [0.2, 0.25) is 0 Å². The van der Waals surface area contributed by atoms with E-state index in [1.54, 1.807) is 6.07 Å². The topological polar surface area (TPSA) is 36.3 Å². The normalized spacial score (nSPS) is 22.6. The van der Waals surface area contributed by atoms with Gasteiger partial charge in [0.25, 0.3) is 0 Å². The zero-order valence-electron chi connectivity index (χ0n) is 12.5. The lowest BCUT2D eigenvalue weighted by Gasteiger charge is -2.27. The summed E-state index contributed by atoms with van der Waals surface area (Å²) in [6.45, 7) is 6.36. The Labute approximate surface area is 122 Å². The highest BCUT2D eigenvalue weighted by molar-refractivity contribution is 5.42. The first-order valence-electron chi connectivity index (χ1n) is 7.64. The Balaban J connectivity index is 1.78. The lowest BCUT2D eigenvalue weighted by Crippen LogP contribution is -2.35. The number of nitriles is 1. The molecule has 0 radical (unpaired) electrons. The van der Waals surface area contributed by atoms with Crippen LogP contribution in [0.1, 0.15) is 45.1 Å². The monoisotopic (exact) mass is 272 g/mol. The number of benzene rings is 1. The maximum absolute atomic E-state index is 9.01. The highest BCUT2D eigenvalue weighted by Crippen LogP contribution is 2.26. The molecule has 0 aromatic heterocycles. The van der Waals surface area contributed by atoms with Crippen molar-refractivity contribution < 1.29 is 4.74 Å². The second-order valence-electron chi connectivity index (χ2n) is 5.54. The van der Waals surface area contributed by atoms with Crippen LogP contribution in [-0.4, -0.2) is 30.1 Å². The van der Waals surface area contributed by atoms with Gasteiger partial charge in [-0.2, -0.15) is 5.26 Å². The largest absolute Gasteiger partial charge is 0.492 e. The molecule has 1 fully saturated rings. The van der Waals surface area contributed by atoms with Crippen molar-refractivity contribution in [3.8, 4) is 11.8 Å². The Bertz CT molecular complexity index is 466. The Morgan fingerprint density at radius 3 is 2.90 bits per heavy atom. The van der Waals surface area contributed by atoms with Gasteiger partial charge in [-0.1, -0.05) is 19.1 Å². The molecule has 3 nitrogen and oxygen atoms in total. The Hall–Kier alpha value is -1.53. The summed E-state index contributed by atoms with van der Waals surface area (Å²) in [6.07, 6.45) is 4.90. The summed E-state index contributed by atoms with van der Waals surface area (Å²) in [5.41, 5.74) is 0.619. The molecule has 1 aliphatic rings. The van der Waals surface area contributed by atoms with Crippen molar-refractivity contribution in [2.75, 3.05) is 13.2 Å². The standard InChI is InChI=1S/C17H24N2O/c1-3-16-10-9-14(2)19(16)11-6-12-20-17-8-5-4-7-15(17)13-18/h4-5,7-8,14,16H,3,6,9-12H2,1-2H3. The predicted molar refractivity (Wildman–Crippen MR) is 80.8 cm³/mol. The van der Waals surface area contributed by atoms with E-state index in [1.807, 2.05) is 18.2 Å². The van der Waals surface area contributed by atoms with Crippen molar-refractivity contribution in [3.05, 3.63) is 29.8 Å². The quantitative estimate of drug-likeness (QED) is 0.742. The highest BCUT2D eigenvalue weighted by Gasteiger charge is 2.28. The number of hydrogen-bond donors (Lipinski definition) is 0. The van der Waals surface area contributed by atoms with Gasteiger partial charge in [-0.3, -0.25) is 4.90 Å². The van der Waals surface area contributed by atoms with Crippen LogP contribution < -0.4 is 4.74 Å². The minimum Gasteiger partial charge on any atom is -0.492 e. The van der Waals surface area contributed by atoms with Gasteiger partial charge in [0.2, 0.25) is 0 Å². The maximum Gasteiger partial charge on any atom is 0.137 e. The molecule has 0 saturated carbocycles. The third-order valence-electron chi connectivity index (χ3n) is 4.25. The first kappa shape index (κ1) is 14.9. The van der Waals surface area contributed by atoms with Gasteiger partial charge in [0.1, 0.15) is 11.8 Å². The van der Waals surface area contributed by atoms with Crippen LogP contribution in [0.4, 0.5) is 0 Å². The third-order valence-corrected chi connectivity index (χ3v) is 4.25. The molecule has 1 heterocycles. The van der Waals surface area contributed by atoms with E-state index < -0.39 is 0 Å². The average molecular weight is 272 g/mol. The first-order valence-corrected chi connectivity index (χ1v) is 7.64. The van der Waals surface area contributed by atoms with E-state index in [0.717, 1.165) is 19.0 Å². The van der Waals surface area contributed by atoms with E-state index in [9.17, 15) is 0 Å². The molecule has 0 N–H and O–H groups in total. The summed E-state index contributed by atoms with van der Waals surface area (Å²) in [6, 6.07) is 11.0. The van der Waals surface area contributed by atoms with Gasteiger partial charge in [0, 0.05) is 18.6 Å². The van der Waals surface area contributed by atoms with Crippen LogP contribution in [0.15, 0.2) is 24.3 Å². The number of ether oxygens (including phenoxy) is 1. The van der Waals surface area contributed by atoms with E-state index in [1.165, 1.54) is 19.3 Å². The molecule has 0 amide bonds. The predicted octanol–water partition coefficient (Wildman–Crippen LogP) is 3.59. The third kappa shape index (κ3) is 3.52. The lowest BCUT2D eigenvalue weighted by atomic mass is 10.1. The van der Waals surface area contributed by atoms with Gasteiger partial charge in [-0.05, 0) is 44.7 Å².